The number of nitro groups is 1. The highest BCUT2D eigenvalue weighted by Gasteiger charge is 2.43. The predicted molar refractivity (Wildman–Crippen MR) is 116 cm³/mol. The van der Waals surface area contributed by atoms with Crippen LogP contribution >= 0.6 is 0 Å². The van der Waals surface area contributed by atoms with Gasteiger partial charge >= 0.3 is 11.9 Å². The monoisotopic (exact) mass is 431 g/mol. The number of carbonyl (C=O) groups is 2. The summed E-state index contributed by atoms with van der Waals surface area (Å²) in [6, 6.07) is 5.93. The molecule has 0 N–H and O–H groups in total. The summed E-state index contributed by atoms with van der Waals surface area (Å²) in [6.45, 7) is 7.50. The van der Waals surface area contributed by atoms with Crippen molar-refractivity contribution in [2.75, 3.05) is 27.2 Å². The van der Waals surface area contributed by atoms with Gasteiger partial charge in [-0.2, -0.15) is 0 Å². The Hall–Kier alpha value is -3.07. The highest BCUT2D eigenvalue weighted by atomic mass is 16.6. The van der Waals surface area contributed by atoms with Gasteiger partial charge in [-0.15, -0.1) is 0 Å². The van der Waals surface area contributed by atoms with E-state index in [4.69, 9.17) is 9.47 Å². The van der Waals surface area contributed by atoms with Crippen LogP contribution in [0.2, 0.25) is 0 Å². The number of benzene rings is 1. The van der Waals surface area contributed by atoms with E-state index in [-0.39, 0.29) is 24.0 Å². The van der Waals surface area contributed by atoms with E-state index in [9.17, 15) is 19.7 Å². The fourth-order valence-corrected chi connectivity index (χ4v) is 3.50. The molecule has 1 aromatic rings. The van der Waals surface area contributed by atoms with Gasteiger partial charge in [0.2, 0.25) is 0 Å². The maximum Gasteiger partial charge on any atom is 0.336 e. The van der Waals surface area contributed by atoms with Crippen molar-refractivity contribution >= 4 is 23.3 Å². The number of nitrogens with zero attached hydrogens (tertiary/aromatic N) is 3. The van der Waals surface area contributed by atoms with Crippen LogP contribution in [0.3, 0.4) is 0 Å². The summed E-state index contributed by atoms with van der Waals surface area (Å²) >= 11 is 0. The molecule has 31 heavy (non-hydrogen) atoms. The summed E-state index contributed by atoms with van der Waals surface area (Å²) in [4.78, 5) is 43.1. The van der Waals surface area contributed by atoms with Crippen LogP contribution in [0.4, 0.5) is 5.69 Å². The number of esters is 2. The Kier molecular flexibility index (Phi) is 8.04. The van der Waals surface area contributed by atoms with Crippen molar-refractivity contribution in [3.63, 3.8) is 0 Å². The maximum atomic E-state index is 13.0. The fourth-order valence-electron chi connectivity index (χ4n) is 3.50. The molecule has 2 rings (SSSR count). The van der Waals surface area contributed by atoms with E-state index in [1.54, 1.807) is 33.8 Å². The third-order valence-corrected chi connectivity index (χ3v) is 4.87. The molecule has 0 saturated carbocycles. The summed E-state index contributed by atoms with van der Waals surface area (Å²) in [5.74, 6) is -2.85. The molecule has 0 aromatic heterocycles. The van der Waals surface area contributed by atoms with Crippen molar-refractivity contribution in [1.82, 2.24) is 4.90 Å². The topological polar surface area (TPSA) is 111 Å². The van der Waals surface area contributed by atoms with Crippen LogP contribution in [0, 0.1) is 16.0 Å². The number of rotatable bonds is 8. The first-order valence-electron chi connectivity index (χ1n) is 10.1. The SMILES string of the molecule is CC1=NC(C)=C(C(=O)OCCN(C)C)C(c2cccc([N+](=O)[O-])c2)C1C(=O)OC(C)C. The van der Waals surface area contributed by atoms with Crippen molar-refractivity contribution in [1.29, 1.82) is 0 Å². The van der Waals surface area contributed by atoms with E-state index >= 15 is 0 Å². The molecular formula is C22H29N3O6. The molecular weight excluding hydrogens is 402 g/mol. The lowest BCUT2D eigenvalue weighted by Gasteiger charge is -2.32. The lowest BCUT2D eigenvalue weighted by atomic mass is 9.75. The maximum absolute atomic E-state index is 13.0. The first-order chi connectivity index (χ1) is 14.5. The third kappa shape index (κ3) is 5.97. The number of likely N-dealkylation sites (N-methyl/N-ethyl adjacent to an activating group) is 1. The first-order valence-corrected chi connectivity index (χ1v) is 10.1. The molecule has 9 nitrogen and oxygen atoms in total. The number of hydrogen-bond acceptors (Lipinski definition) is 8. The molecule has 0 spiro atoms. The van der Waals surface area contributed by atoms with Crippen molar-refractivity contribution < 1.29 is 24.0 Å². The standard InChI is InChI=1S/C22H29N3O6/c1-13(2)31-22(27)19-15(4)23-14(3)18(21(26)30-11-10-24(5)6)20(19)16-8-7-9-17(12-16)25(28)29/h7-9,12-13,19-20H,10-11H2,1-6H3. The lowest BCUT2D eigenvalue weighted by Crippen LogP contribution is -2.37. The zero-order chi connectivity index (χ0) is 23.3. The summed E-state index contributed by atoms with van der Waals surface area (Å²) in [5.41, 5.74) is 1.41. The number of nitro benzene ring substituents is 1. The summed E-state index contributed by atoms with van der Waals surface area (Å²) < 4.78 is 10.9. The first kappa shape index (κ1) is 24.2. The van der Waals surface area contributed by atoms with Gasteiger partial charge in [-0.1, -0.05) is 12.1 Å². The molecule has 2 unspecified atom stereocenters. The van der Waals surface area contributed by atoms with Crippen LogP contribution in [0.5, 0.6) is 0 Å². The molecule has 1 aliphatic heterocycles. The van der Waals surface area contributed by atoms with E-state index in [2.05, 4.69) is 4.99 Å². The minimum Gasteiger partial charge on any atom is -0.462 e. The summed E-state index contributed by atoms with van der Waals surface area (Å²) in [6.07, 6.45) is -0.367. The van der Waals surface area contributed by atoms with Crippen LogP contribution < -0.4 is 0 Å². The van der Waals surface area contributed by atoms with Gasteiger partial charge < -0.3 is 14.4 Å². The molecule has 1 heterocycles. The normalized spacial score (nSPS) is 18.8. The van der Waals surface area contributed by atoms with E-state index in [1.807, 2.05) is 19.0 Å². The summed E-state index contributed by atoms with van der Waals surface area (Å²) in [7, 11) is 3.72. The fraction of sp³-hybridized carbons (Fsp3) is 0.500. The average Bonchev–Trinajstić information content (AvgIpc) is 2.66. The van der Waals surface area contributed by atoms with Crippen LogP contribution in [0.15, 0.2) is 40.5 Å². The van der Waals surface area contributed by atoms with Gasteiger partial charge in [0.1, 0.15) is 12.5 Å². The van der Waals surface area contributed by atoms with E-state index in [1.165, 1.54) is 18.2 Å². The van der Waals surface area contributed by atoms with Gasteiger partial charge in [-0.05, 0) is 47.4 Å². The third-order valence-electron chi connectivity index (χ3n) is 4.87. The van der Waals surface area contributed by atoms with Crippen molar-refractivity contribution in [3.8, 4) is 0 Å². The predicted octanol–water partition coefficient (Wildman–Crippen LogP) is 3.10. The molecule has 168 valence electrons. The van der Waals surface area contributed by atoms with Gasteiger partial charge in [-0.25, -0.2) is 4.79 Å². The van der Waals surface area contributed by atoms with Crippen LogP contribution in [0.1, 0.15) is 39.2 Å². The van der Waals surface area contributed by atoms with Gasteiger partial charge in [0.15, 0.2) is 0 Å². The van der Waals surface area contributed by atoms with Gasteiger partial charge in [0.05, 0.1) is 16.6 Å². The van der Waals surface area contributed by atoms with Gasteiger partial charge in [0.25, 0.3) is 5.69 Å². The van der Waals surface area contributed by atoms with Crippen molar-refractivity contribution in [2.45, 2.75) is 39.7 Å². The number of non-ortho nitro benzene ring substituents is 1. The zero-order valence-electron chi connectivity index (χ0n) is 18.7. The highest BCUT2D eigenvalue weighted by Crippen LogP contribution is 2.41. The Morgan fingerprint density at radius 1 is 1.26 bits per heavy atom. The smallest absolute Gasteiger partial charge is 0.336 e. The molecule has 1 aromatic carbocycles. The van der Waals surface area contributed by atoms with Crippen LogP contribution in [-0.4, -0.2) is 60.8 Å². The van der Waals surface area contributed by atoms with Gasteiger partial charge in [0, 0.05) is 36.0 Å². The summed E-state index contributed by atoms with van der Waals surface area (Å²) in [5, 5.41) is 11.3. The van der Waals surface area contributed by atoms with E-state index in [0.717, 1.165) is 0 Å². The molecule has 9 heteroatoms. The minimum absolute atomic E-state index is 0.133. The van der Waals surface area contributed by atoms with E-state index in [0.29, 0.717) is 23.5 Å². The number of hydrogen-bond donors (Lipinski definition) is 0. The Morgan fingerprint density at radius 2 is 1.94 bits per heavy atom. The largest absolute Gasteiger partial charge is 0.462 e. The van der Waals surface area contributed by atoms with Crippen LogP contribution in [-0.2, 0) is 19.1 Å². The lowest BCUT2D eigenvalue weighted by molar-refractivity contribution is -0.384. The number of allylic oxidation sites excluding steroid dienone is 1. The Balaban J connectivity index is 2.56. The number of carbonyl (C=O) groups excluding carboxylic acids is 2. The minimum atomic E-state index is -0.899. The molecule has 1 aliphatic rings. The number of aliphatic imine (C=N–C) groups is 1. The van der Waals surface area contributed by atoms with Crippen molar-refractivity contribution in [2.24, 2.45) is 10.9 Å². The molecule has 0 radical (unpaired) electrons. The average molecular weight is 431 g/mol. The zero-order valence-corrected chi connectivity index (χ0v) is 18.7. The highest BCUT2D eigenvalue weighted by molar-refractivity contribution is 6.07. The quantitative estimate of drug-likeness (QED) is 0.353. The Labute approximate surface area is 181 Å². The molecule has 0 amide bonds. The molecule has 0 saturated heterocycles. The molecule has 0 bridgehead atoms. The molecule has 0 aliphatic carbocycles. The van der Waals surface area contributed by atoms with Crippen molar-refractivity contribution in [3.05, 3.63) is 51.2 Å². The molecule has 0 fully saturated rings. The Morgan fingerprint density at radius 3 is 2.52 bits per heavy atom. The second kappa shape index (κ2) is 10.3. The number of ether oxygens (including phenoxy) is 2. The second-order valence-electron chi connectivity index (χ2n) is 7.98. The van der Waals surface area contributed by atoms with Gasteiger partial charge in [-0.3, -0.25) is 19.9 Å². The Bertz CT molecular complexity index is 920. The van der Waals surface area contributed by atoms with E-state index < -0.39 is 28.7 Å². The second-order valence-corrected chi connectivity index (χ2v) is 7.98. The molecule has 2 atom stereocenters. The van der Waals surface area contributed by atoms with Crippen LogP contribution in [0.25, 0.3) is 0 Å².